The predicted octanol–water partition coefficient (Wildman–Crippen LogP) is 14.8. The third kappa shape index (κ3) is 6.05. The fourth-order valence-electron chi connectivity index (χ4n) is 9.02. The molecule has 0 aromatic heterocycles. The van der Waals surface area contributed by atoms with Crippen molar-refractivity contribution in [3.8, 4) is 22.3 Å². The van der Waals surface area contributed by atoms with Crippen LogP contribution >= 0.6 is 0 Å². The van der Waals surface area contributed by atoms with Crippen LogP contribution in [0.5, 0.6) is 0 Å². The first-order chi connectivity index (χ1) is 24.2. The molecule has 0 bridgehead atoms. The van der Waals surface area contributed by atoms with E-state index in [9.17, 15) is 0 Å². The van der Waals surface area contributed by atoms with Crippen LogP contribution in [0.3, 0.4) is 0 Å². The third-order valence-electron chi connectivity index (χ3n) is 11.6. The number of aryl methyl sites for hydroxylation is 2. The monoisotopic (exact) mass is 638 g/mol. The highest BCUT2D eigenvalue weighted by Crippen LogP contribution is 2.47. The summed E-state index contributed by atoms with van der Waals surface area (Å²) in [5, 5.41) is 11.0. The fourth-order valence-corrected chi connectivity index (χ4v) is 9.02. The van der Waals surface area contributed by atoms with Crippen LogP contribution in [-0.2, 0) is 12.8 Å². The van der Waals surface area contributed by atoms with Gasteiger partial charge in [0.25, 0.3) is 0 Å². The molecule has 246 valence electrons. The molecule has 0 spiro atoms. The molecule has 1 aliphatic rings. The molecule has 0 unspecified atom stereocenters. The molecule has 0 aliphatic heterocycles. The summed E-state index contributed by atoms with van der Waals surface area (Å²) in [6, 6.07) is 40.5. The molecule has 0 heterocycles. The standard InChI is InChI=1S/C49H50/c1-3-5-7-10-16-35-25-28-39(36-17-11-8-12-18-36)47(33-35)40-30-32-46-45-31-29-38(37-26-23-34(24-27-37)15-9-6-4-2)41-19-13-21-43(48(41)45)44-22-14-20-42(40)49(44)46/h4,13-14,19-33,36H,2-3,5-12,15-18H2,1H3. The van der Waals surface area contributed by atoms with Crippen molar-refractivity contribution in [2.24, 2.45) is 0 Å². The van der Waals surface area contributed by atoms with Crippen LogP contribution in [0, 0.1) is 0 Å². The Labute approximate surface area is 293 Å². The summed E-state index contributed by atoms with van der Waals surface area (Å²) in [4.78, 5) is 0. The number of hydrogen-bond donors (Lipinski definition) is 0. The van der Waals surface area contributed by atoms with Crippen LogP contribution in [0.4, 0.5) is 0 Å². The Morgan fingerprint density at radius 1 is 0.551 bits per heavy atom. The van der Waals surface area contributed by atoms with Crippen molar-refractivity contribution in [1.29, 1.82) is 0 Å². The lowest BCUT2D eigenvalue weighted by Gasteiger charge is -2.26. The molecular formula is C49H50. The van der Waals surface area contributed by atoms with Gasteiger partial charge in [0.05, 0.1) is 0 Å². The van der Waals surface area contributed by atoms with E-state index in [0.717, 1.165) is 19.3 Å². The highest BCUT2D eigenvalue weighted by molar-refractivity contribution is 6.35. The first-order valence-electron chi connectivity index (χ1n) is 19.2. The average Bonchev–Trinajstić information content (AvgIpc) is 3.16. The number of hydrogen-bond acceptors (Lipinski definition) is 0. The van der Waals surface area contributed by atoms with Gasteiger partial charge in [-0.3, -0.25) is 0 Å². The lowest BCUT2D eigenvalue weighted by molar-refractivity contribution is 0.444. The Balaban J connectivity index is 1.28. The summed E-state index contributed by atoms with van der Waals surface area (Å²) >= 11 is 0. The molecule has 7 aromatic rings. The lowest BCUT2D eigenvalue weighted by atomic mass is 9.79. The largest absolute Gasteiger partial charge is 0.103 e. The molecule has 49 heavy (non-hydrogen) atoms. The van der Waals surface area contributed by atoms with Crippen LogP contribution in [0.15, 0.2) is 116 Å². The minimum Gasteiger partial charge on any atom is -0.103 e. The Morgan fingerprint density at radius 2 is 1.16 bits per heavy atom. The van der Waals surface area contributed by atoms with E-state index in [0.29, 0.717) is 5.92 Å². The normalized spacial score (nSPS) is 14.1. The van der Waals surface area contributed by atoms with E-state index in [1.807, 2.05) is 6.08 Å². The molecule has 0 atom stereocenters. The van der Waals surface area contributed by atoms with Gasteiger partial charge in [-0.2, -0.15) is 0 Å². The summed E-state index contributed by atoms with van der Waals surface area (Å²) < 4.78 is 0. The van der Waals surface area contributed by atoms with Gasteiger partial charge in [0, 0.05) is 0 Å². The number of unbranched alkanes of at least 4 members (excludes halogenated alkanes) is 4. The van der Waals surface area contributed by atoms with Crippen LogP contribution in [0.25, 0.3) is 65.3 Å². The van der Waals surface area contributed by atoms with Gasteiger partial charge in [0.15, 0.2) is 0 Å². The Hall–Kier alpha value is -4.42. The highest BCUT2D eigenvalue weighted by Gasteiger charge is 2.22. The van der Waals surface area contributed by atoms with Crippen molar-refractivity contribution in [2.45, 2.75) is 96.3 Å². The Kier molecular flexibility index (Phi) is 9.23. The van der Waals surface area contributed by atoms with Gasteiger partial charge in [0.2, 0.25) is 0 Å². The Bertz CT molecular complexity index is 2200. The molecule has 7 aromatic carbocycles. The minimum atomic E-state index is 0.665. The zero-order chi connectivity index (χ0) is 33.2. The van der Waals surface area contributed by atoms with Crippen LogP contribution in [0.2, 0.25) is 0 Å². The molecule has 0 radical (unpaired) electrons. The van der Waals surface area contributed by atoms with E-state index in [2.05, 4.69) is 117 Å². The molecule has 1 fully saturated rings. The first-order valence-corrected chi connectivity index (χ1v) is 19.2. The number of rotatable bonds is 12. The zero-order valence-electron chi connectivity index (χ0n) is 29.4. The van der Waals surface area contributed by atoms with Crippen LogP contribution in [-0.4, -0.2) is 0 Å². The third-order valence-corrected chi connectivity index (χ3v) is 11.6. The molecule has 0 nitrogen and oxygen atoms in total. The maximum Gasteiger partial charge on any atom is -0.00201 e. The van der Waals surface area contributed by atoms with E-state index in [1.54, 1.807) is 5.56 Å². The summed E-state index contributed by atoms with van der Waals surface area (Å²) in [6.45, 7) is 6.19. The van der Waals surface area contributed by atoms with Gasteiger partial charge >= 0.3 is 0 Å². The molecule has 0 saturated heterocycles. The van der Waals surface area contributed by atoms with Crippen LogP contribution in [0.1, 0.15) is 100 Å². The lowest BCUT2D eigenvalue weighted by Crippen LogP contribution is -2.07. The number of benzene rings is 7. The topological polar surface area (TPSA) is 0 Å². The molecule has 0 amide bonds. The smallest absolute Gasteiger partial charge is 0.00201 e. The summed E-state index contributed by atoms with van der Waals surface area (Å²) in [7, 11) is 0. The Morgan fingerprint density at radius 3 is 1.86 bits per heavy atom. The van der Waals surface area contributed by atoms with Crippen molar-refractivity contribution in [1.82, 2.24) is 0 Å². The minimum absolute atomic E-state index is 0.665. The van der Waals surface area contributed by atoms with Crippen molar-refractivity contribution in [2.75, 3.05) is 0 Å². The van der Waals surface area contributed by atoms with Gasteiger partial charge in [-0.1, -0.05) is 155 Å². The van der Waals surface area contributed by atoms with Crippen molar-refractivity contribution >= 4 is 43.1 Å². The van der Waals surface area contributed by atoms with Crippen molar-refractivity contribution < 1.29 is 0 Å². The summed E-state index contributed by atoms with van der Waals surface area (Å²) in [6.07, 6.45) is 18.5. The van der Waals surface area contributed by atoms with Crippen molar-refractivity contribution in [3.05, 3.63) is 132 Å². The van der Waals surface area contributed by atoms with Gasteiger partial charge in [-0.25, -0.2) is 0 Å². The molecular weight excluding hydrogens is 589 g/mol. The van der Waals surface area contributed by atoms with Crippen LogP contribution < -0.4 is 0 Å². The van der Waals surface area contributed by atoms with E-state index in [-0.39, 0.29) is 0 Å². The molecule has 1 saturated carbocycles. The second-order valence-electron chi connectivity index (χ2n) is 14.7. The van der Waals surface area contributed by atoms with E-state index < -0.39 is 0 Å². The summed E-state index contributed by atoms with van der Waals surface area (Å²) in [5.74, 6) is 0.665. The van der Waals surface area contributed by atoms with Gasteiger partial charge < -0.3 is 0 Å². The quantitative estimate of drug-likeness (QED) is 0.0541. The van der Waals surface area contributed by atoms with Gasteiger partial charge in [-0.15, -0.1) is 6.58 Å². The van der Waals surface area contributed by atoms with E-state index in [1.165, 1.54) is 141 Å². The molecule has 0 heteroatoms. The SMILES string of the molecule is C=CCCCc1ccc(-c2ccc3c4ccc(-c5cc(CCCCCC)ccc5C5CCCCC5)c5cccc(c6cccc2c63)c54)cc1. The van der Waals surface area contributed by atoms with Gasteiger partial charge in [-0.05, 0) is 133 Å². The second-order valence-corrected chi connectivity index (χ2v) is 14.7. The molecule has 8 rings (SSSR count). The maximum atomic E-state index is 3.88. The molecule has 0 N–H and O–H groups in total. The average molecular weight is 639 g/mol. The first kappa shape index (κ1) is 31.8. The molecule has 1 aliphatic carbocycles. The summed E-state index contributed by atoms with van der Waals surface area (Å²) in [5.41, 5.74) is 9.98. The number of allylic oxidation sites excluding steroid dienone is 1. The predicted molar refractivity (Wildman–Crippen MR) is 215 cm³/mol. The zero-order valence-corrected chi connectivity index (χ0v) is 29.4. The second kappa shape index (κ2) is 14.2. The van der Waals surface area contributed by atoms with E-state index in [4.69, 9.17) is 0 Å². The fraction of sp³-hybridized carbons (Fsp3) is 0.306. The van der Waals surface area contributed by atoms with Crippen molar-refractivity contribution in [3.63, 3.8) is 0 Å². The maximum absolute atomic E-state index is 3.88. The van der Waals surface area contributed by atoms with E-state index >= 15 is 0 Å². The number of fused-ring (bicyclic) bond motifs is 2. The van der Waals surface area contributed by atoms with Gasteiger partial charge in [0.1, 0.15) is 0 Å². The highest BCUT2D eigenvalue weighted by atomic mass is 14.3.